The van der Waals surface area contributed by atoms with E-state index in [1.165, 1.54) is 18.2 Å². The number of rotatable bonds is 4. The van der Waals surface area contributed by atoms with Crippen LogP contribution < -0.4 is 5.32 Å². The SMILES string of the molecule is Cn1cc(/C=C/C(=O)N[C@@H]2C[C@@H]2c2ccccc2C(F)(F)F)cn1. The van der Waals surface area contributed by atoms with E-state index < -0.39 is 11.7 Å². The maximum absolute atomic E-state index is 13.0. The van der Waals surface area contributed by atoms with E-state index >= 15 is 0 Å². The Bertz CT molecular complexity index is 779. The Morgan fingerprint density at radius 1 is 1.38 bits per heavy atom. The summed E-state index contributed by atoms with van der Waals surface area (Å²) in [7, 11) is 1.77. The van der Waals surface area contributed by atoms with Crippen LogP contribution in [0.15, 0.2) is 42.7 Å². The van der Waals surface area contributed by atoms with Crippen molar-refractivity contribution < 1.29 is 18.0 Å². The van der Waals surface area contributed by atoms with Gasteiger partial charge in [0.2, 0.25) is 5.91 Å². The number of aromatic nitrogens is 2. The molecule has 0 bridgehead atoms. The first-order valence-electron chi connectivity index (χ1n) is 7.48. The molecule has 24 heavy (non-hydrogen) atoms. The predicted octanol–water partition coefficient (Wildman–Crippen LogP) is 3.12. The van der Waals surface area contributed by atoms with Gasteiger partial charge in [-0.2, -0.15) is 18.3 Å². The van der Waals surface area contributed by atoms with E-state index in [-0.39, 0.29) is 23.4 Å². The second-order valence-corrected chi connectivity index (χ2v) is 5.82. The Hall–Kier alpha value is -2.57. The summed E-state index contributed by atoms with van der Waals surface area (Å²) in [5.41, 5.74) is 0.395. The van der Waals surface area contributed by atoms with Crippen LogP contribution in [0.5, 0.6) is 0 Å². The lowest BCUT2D eigenvalue weighted by atomic mass is 10.0. The number of amides is 1. The minimum absolute atomic E-state index is 0.242. The van der Waals surface area contributed by atoms with Gasteiger partial charge in [0.15, 0.2) is 0 Å². The summed E-state index contributed by atoms with van der Waals surface area (Å²) in [5.74, 6) is -0.616. The van der Waals surface area contributed by atoms with Crippen LogP contribution in [-0.4, -0.2) is 21.7 Å². The Morgan fingerprint density at radius 2 is 2.12 bits per heavy atom. The third-order valence-electron chi connectivity index (χ3n) is 3.94. The molecule has 0 saturated heterocycles. The Labute approximate surface area is 137 Å². The van der Waals surface area contributed by atoms with Gasteiger partial charge >= 0.3 is 6.18 Å². The third kappa shape index (κ3) is 3.67. The maximum Gasteiger partial charge on any atom is 0.416 e. The van der Waals surface area contributed by atoms with Crippen LogP contribution in [-0.2, 0) is 18.0 Å². The van der Waals surface area contributed by atoms with Crippen molar-refractivity contribution in [2.45, 2.75) is 24.6 Å². The predicted molar refractivity (Wildman–Crippen MR) is 83.0 cm³/mol. The molecule has 4 nitrogen and oxygen atoms in total. The van der Waals surface area contributed by atoms with E-state index in [1.54, 1.807) is 36.3 Å². The average molecular weight is 335 g/mol. The van der Waals surface area contributed by atoms with Gasteiger partial charge in [0.25, 0.3) is 0 Å². The molecule has 0 spiro atoms. The molecule has 1 amide bonds. The quantitative estimate of drug-likeness (QED) is 0.873. The number of carbonyl (C=O) groups is 1. The van der Waals surface area contributed by atoms with Crippen molar-refractivity contribution in [3.8, 4) is 0 Å². The minimum Gasteiger partial charge on any atom is -0.349 e. The first-order valence-corrected chi connectivity index (χ1v) is 7.48. The van der Waals surface area contributed by atoms with Crippen molar-refractivity contribution in [1.29, 1.82) is 0 Å². The number of hydrogen-bond donors (Lipinski definition) is 1. The van der Waals surface area contributed by atoms with E-state index in [2.05, 4.69) is 10.4 Å². The number of alkyl halides is 3. The van der Waals surface area contributed by atoms with Crippen molar-refractivity contribution in [3.05, 3.63) is 59.4 Å². The van der Waals surface area contributed by atoms with Crippen LogP contribution in [0.4, 0.5) is 13.2 Å². The molecule has 1 N–H and O–H groups in total. The molecule has 0 radical (unpaired) electrons. The molecule has 1 aromatic heterocycles. The monoisotopic (exact) mass is 335 g/mol. The summed E-state index contributed by atoms with van der Waals surface area (Å²) < 4.78 is 40.7. The van der Waals surface area contributed by atoms with Crippen molar-refractivity contribution in [3.63, 3.8) is 0 Å². The fraction of sp³-hybridized carbons (Fsp3) is 0.294. The number of benzene rings is 1. The van der Waals surface area contributed by atoms with Gasteiger partial charge in [0.1, 0.15) is 0 Å². The normalized spacial score (nSPS) is 20.3. The second-order valence-electron chi connectivity index (χ2n) is 5.82. The van der Waals surface area contributed by atoms with Gasteiger partial charge in [-0.3, -0.25) is 9.48 Å². The highest BCUT2D eigenvalue weighted by Gasteiger charge is 2.44. The summed E-state index contributed by atoms with van der Waals surface area (Å²) >= 11 is 0. The summed E-state index contributed by atoms with van der Waals surface area (Å²) in [6.45, 7) is 0. The van der Waals surface area contributed by atoms with Crippen molar-refractivity contribution >= 4 is 12.0 Å². The first-order chi connectivity index (χ1) is 11.3. The van der Waals surface area contributed by atoms with Gasteiger partial charge < -0.3 is 5.32 Å². The highest BCUT2D eigenvalue weighted by atomic mass is 19.4. The molecular formula is C17H16F3N3O. The van der Waals surface area contributed by atoms with Crippen LogP contribution in [0, 0.1) is 0 Å². The van der Waals surface area contributed by atoms with Gasteiger partial charge in [-0.1, -0.05) is 18.2 Å². The van der Waals surface area contributed by atoms with Crippen LogP contribution in [0.2, 0.25) is 0 Å². The zero-order valence-corrected chi connectivity index (χ0v) is 12.9. The standard InChI is InChI=1S/C17H16F3N3O/c1-23-10-11(9-21-23)6-7-16(24)22-15-8-13(15)12-4-2-3-5-14(12)17(18,19)20/h2-7,9-10,13,15H,8H2,1H3,(H,22,24)/b7-6+/t13-,15-/m1/s1. The van der Waals surface area contributed by atoms with Crippen LogP contribution in [0.3, 0.4) is 0 Å². The van der Waals surface area contributed by atoms with Gasteiger partial charge in [0, 0.05) is 36.8 Å². The van der Waals surface area contributed by atoms with Gasteiger partial charge in [-0.15, -0.1) is 0 Å². The van der Waals surface area contributed by atoms with E-state index in [4.69, 9.17) is 0 Å². The van der Waals surface area contributed by atoms with E-state index in [0.29, 0.717) is 6.42 Å². The van der Waals surface area contributed by atoms with E-state index in [9.17, 15) is 18.0 Å². The number of carbonyl (C=O) groups excluding carboxylic acids is 1. The van der Waals surface area contributed by atoms with Gasteiger partial charge in [0.05, 0.1) is 11.8 Å². The fourth-order valence-electron chi connectivity index (χ4n) is 2.71. The molecule has 126 valence electrons. The maximum atomic E-state index is 13.0. The molecular weight excluding hydrogens is 319 g/mol. The Kier molecular flexibility index (Phi) is 4.17. The molecule has 1 aliphatic rings. The van der Waals surface area contributed by atoms with Crippen molar-refractivity contribution in [1.82, 2.24) is 15.1 Å². The molecule has 7 heteroatoms. The van der Waals surface area contributed by atoms with Crippen molar-refractivity contribution in [2.24, 2.45) is 7.05 Å². The first kappa shape index (κ1) is 16.3. The highest BCUT2D eigenvalue weighted by molar-refractivity contribution is 5.92. The topological polar surface area (TPSA) is 46.9 Å². The fourth-order valence-corrected chi connectivity index (χ4v) is 2.71. The highest BCUT2D eigenvalue weighted by Crippen LogP contribution is 2.46. The molecule has 1 aromatic carbocycles. The molecule has 1 aliphatic carbocycles. The molecule has 0 unspecified atom stereocenters. The molecule has 1 heterocycles. The average Bonchev–Trinajstić information content (AvgIpc) is 3.15. The zero-order chi connectivity index (χ0) is 17.3. The summed E-state index contributed by atoms with van der Waals surface area (Å²) in [6, 6.07) is 5.25. The van der Waals surface area contributed by atoms with Crippen LogP contribution in [0.1, 0.15) is 29.0 Å². The molecule has 3 rings (SSSR count). The smallest absolute Gasteiger partial charge is 0.349 e. The lowest BCUT2D eigenvalue weighted by Gasteiger charge is -2.12. The summed E-state index contributed by atoms with van der Waals surface area (Å²) in [6.07, 6.45) is 2.48. The lowest BCUT2D eigenvalue weighted by molar-refractivity contribution is -0.138. The Balaban J connectivity index is 1.62. The van der Waals surface area contributed by atoms with E-state index in [1.807, 2.05) is 0 Å². The Morgan fingerprint density at radius 3 is 2.79 bits per heavy atom. The molecule has 2 aromatic rings. The number of nitrogens with one attached hydrogen (secondary N) is 1. The van der Waals surface area contributed by atoms with Gasteiger partial charge in [-0.05, 0) is 24.1 Å². The largest absolute Gasteiger partial charge is 0.416 e. The second kappa shape index (κ2) is 6.14. The molecule has 1 saturated carbocycles. The zero-order valence-electron chi connectivity index (χ0n) is 12.9. The number of nitrogens with zero attached hydrogens (tertiary/aromatic N) is 2. The summed E-state index contributed by atoms with van der Waals surface area (Å²) in [4.78, 5) is 11.9. The van der Waals surface area contributed by atoms with E-state index in [0.717, 1.165) is 11.6 Å². The number of halogens is 3. The number of hydrogen-bond acceptors (Lipinski definition) is 2. The van der Waals surface area contributed by atoms with Crippen LogP contribution in [0.25, 0.3) is 6.08 Å². The molecule has 0 aliphatic heterocycles. The lowest BCUT2D eigenvalue weighted by Crippen LogP contribution is -2.24. The van der Waals surface area contributed by atoms with Crippen LogP contribution >= 0.6 is 0 Å². The third-order valence-corrected chi connectivity index (χ3v) is 3.94. The number of aryl methyl sites for hydroxylation is 1. The minimum atomic E-state index is -4.38. The van der Waals surface area contributed by atoms with Gasteiger partial charge in [-0.25, -0.2) is 0 Å². The summed E-state index contributed by atoms with van der Waals surface area (Å²) in [5, 5.41) is 6.72. The molecule has 1 fully saturated rings. The van der Waals surface area contributed by atoms with Crippen molar-refractivity contribution in [2.75, 3.05) is 0 Å². The molecule has 2 atom stereocenters.